The molecule has 1 aromatic rings. The number of rotatable bonds is 4. The molecule has 104 valence electrons. The third-order valence-electron chi connectivity index (χ3n) is 3.76. The van der Waals surface area contributed by atoms with Gasteiger partial charge in [-0.3, -0.25) is 4.79 Å². The summed E-state index contributed by atoms with van der Waals surface area (Å²) >= 11 is 0. The fourth-order valence-corrected chi connectivity index (χ4v) is 2.65. The van der Waals surface area contributed by atoms with Gasteiger partial charge in [0, 0.05) is 12.3 Å². The molecule has 0 heterocycles. The number of carbonyl (C=O) groups is 1. The van der Waals surface area contributed by atoms with Crippen LogP contribution < -0.4 is 0 Å². The van der Waals surface area contributed by atoms with Gasteiger partial charge in [0.1, 0.15) is 5.78 Å². The van der Waals surface area contributed by atoms with Crippen LogP contribution in [0.15, 0.2) is 12.1 Å². The molecule has 1 aromatic carbocycles. The van der Waals surface area contributed by atoms with Crippen LogP contribution in [-0.2, 0) is 11.2 Å². The van der Waals surface area contributed by atoms with Gasteiger partial charge in [0.15, 0.2) is 17.5 Å². The molecule has 0 atom stereocenters. The van der Waals surface area contributed by atoms with E-state index in [1.165, 1.54) is 6.42 Å². The zero-order valence-electron chi connectivity index (χ0n) is 10.7. The maximum atomic E-state index is 13.0. The molecule has 4 heteroatoms. The first-order chi connectivity index (χ1) is 9.08. The van der Waals surface area contributed by atoms with Crippen molar-refractivity contribution >= 4 is 5.78 Å². The topological polar surface area (TPSA) is 17.1 Å². The molecule has 2 rings (SSSR count). The number of carbonyl (C=O) groups excluding carboxylic acids is 1. The van der Waals surface area contributed by atoms with Crippen molar-refractivity contribution < 1.29 is 18.0 Å². The average molecular weight is 270 g/mol. The second-order valence-electron chi connectivity index (χ2n) is 5.17. The summed E-state index contributed by atoms with van der Waals surface area (Å²) in [6, 6.07) is 1.93. The summed E-state index contributed by atoms with van der Waals surface area (Å²) in [4.78, 5) is 11.9. The highest BCUT2D eigenvalue weighted by Gasteiger charge is 2.21. The Hall–Kier alpha value is -1.32. The van der Waals surface area contributed by atoms with E-state index < -0.39 is 17.5 Å². The van der Waals surface area contributed by atoms with Crippen LogP contribution in [0.3, 0.4) is 0 Å². The number of hydrogen-bond donors (Lipinski definition) is 0. The van der Waals surface area contributed by atoms with Crippen molar-refractivity contribution in [3.8, 4) is 0 Å². The molecule has 0 amide bonds. The van der Waals surface area contributed by atoms with Crippen LogP contribution in [0, 0.1) is 23.4 Å². The van der Waals surface area contributed by atoms with E-state index in [0.717, 1.165) is 37.8 Å². The van der Waals surface area contributed by atoms with E-state index in [-0.39, 0.29) is 24.5 Å². The van der Waals surface area contributed by atoms with Gasteiger partial charge in [-0.15, -0.1) is 0 Å². The number of Topliss-reactive ketones (excluding diaryl/α,β-unsaturated/α-hetero) is 1. The van der Waals surface area contributed by atoms with Gasteiger partial charge < -0.3 is 0 Å². The van der Waals surface area contributed by atoms with Crippen molar-refractivity contribution in [2.24, 2.45) is 5.92 Å². The maximum Gasteiger partial charge on any atom is 0.194 e. The second-order valence-corrected chi connectivity index (χ2v) is 5.17. The summed E-state index contributed by atoms with van der Waals surface area (Å²) in [7, 11) is 0. The number of benzene rings is 1. The summed E-state index contributed by atoms with van der Waals surface area (Å²) in [5.74, 6) is -3.59. The van der Waals surface area contributed by atoms with Gasteiger partial charge in [-0.1, -0.05) is 19.3 Å². The number of hydrogen-bond acceptors (Lipinski definition) is 1. The highest BCUT2D eigenvalue weighted by molar-refractivity contribution is 5.81. The molecular weight excluding hydrogens is 253 g/mol. The summed E-state index contributed by atoms with van der Waals surface area (Å²) in [5.41, 5.74) is 0.334. The highest BCUT2D eigenvalue weighted by atomic mass is 19.2. The van der Waals surface area contributed by atoms with E-state index in [2.05, 4.69) is 0 Å². The van der Waals surface area contributed by atoms with Crippen LogP contribution in [-0.4, -0.2) is 5.78 Å². The third kappa shape index (κ3) is 3.58. The summed E-state index contributed by atoms with van der Waals surface area (Å²) < 4.78 is 38.8. The van der Waals surface area contributed by atoms with Crippen LogP contribution in [0.4, 0.5) is 13.2 Å². The Labute approximate surface area is 110 Å². The van der Waals surface area contributed by atoms with Crippen molar-refractivity contribution in [3.05, 3.63) is 35.1 Å². The van der Waals surface area contributed by atoms with Crippen molar-refractivity contribution in [1.29, 1.82) is 0 Å². The summed E-state index contributed by atoms with van der Waals surface area (Å²) in [6.07, 6.45) is 5.72. The minimum atomic E-state index is -1.46. The molecule has 19 heavy (non-hydrogen) atoms. The molecule has 0 aromatic heterocycles. The van der Waals surface area contributed by atoms with E-state index in [1.54, 1.807) is 0 Å². The standard InChI is InChI=1S/C15H17F3O/c16-12-8-10(9-13(17)15(12)18)6-7-14(19)11-4-2-1-3-5-11/h8-9,11H,1-7H2. The van der Waals surface area contributed by atoms with Gasteiger partial charge in [0.25, 0.3) is 0 Å². The first kappa shape index (κ1) is 14.1. The predicted octanol–water partition coefficient (Wildman–Crippen LogP) is 4.19. The Morgan fingerprint density at radius 3 is 2.21 bits per heavy atom. The normalized spacial score (nSPS) is 16.6. The molecular formula is C15H17F3O. The Kier molecular flexibility index (Phi) is 4.61. The van der Waals surface area contributed by atoms with Crippen LogP contribution in [0.2, 0.25) is 0 Å². The lowest BCUT2D eigenvalue weighted by atomic mass is 9.84. The summed E-state index contributed by atoms with van der Waals surface area (Å²) in [6.45, 7) is 0. The Bertz CT molecular complexity index is 441. The lowest BCUT2D eigenvalue weighted by Gasteiger charge is -2.20. The van der Waals surface area contributed by atoms with E-state index in [0.29, 0.717) is 5.56 Å². The number of aryl methyl sites for hydroxylation is 1. The molecule has 1 fully saturated rings. The van der Waals surface area contributed by atoms with Gasteiger partial charge in [0.05, 0.1) is 0 Å². The zero-order valence-corrected chi connectivity index (χ0v) is 10.7. The van der Waals surface area contributed by atoms with Gasteiger partial charge in [-0.05, 0) is 37.0 Å². The first-order valence-corrected chi connectivity index (χ1v) is 6.74. The number of halogens is 3. The lowest BCUT2D eigenvalue weighted by Crippen LogP contribution is -2.18. The zero-order chi connectivity index (χ0) is 13.8. The molecule has 1 aliphatic rings. The van der Waals surface area contributed by atoms with Crippen LogP contribution >= 0.6 is 0 Å². The van der Waals surface area contributed by atoms with E-state index >= 15 is 0 Å². The molecule has 0 saturated heterocycles. The van der Waals surface area contributed by atoms with Gasteiger partial charge >= 0.3 is 0 Å². The van der Waals surface area contributed by atoms with E-state index in [4.69, 9.17) is 0 Å². The molecule has 1 nitrogen and oxygen atoms in total. The number of ketones is 1. The Balaban J connectivity index is 1.93. The molecule has 0 spiro atoms. The van der Waals surface area contributed by atoms with Crippen molar-refractivity contribution in [2.45, 2.75) is 44.9 Å². The maximum absolute atomic E-state index is 13.0. The van der Waals surface area contributed by atoms with E-state index in [9.17, 15) is 18.0 Å². The quantitative estimate of drug-likeness (QED) is 0.750. The first-order valence-electron chi connectivity index (χ1n) is 6.74. The molecule has 0 radical (unpaired) electrons. The monoisotopic (exact) mass is 270 g/mol. The average Bonchev–Trinajstić information content (AvgIpc) is 2.43. The van der Waals surface area contributed by atoms with Gasteiger partial charge in [-0.2, -0.15) is 0 Å². The van der Waals surface area contributed by atoms with Gasteiger partial charge in [-0.25, -0.2) is 13.2 Å². The largest absolute Gasteiger partial charge is 0.299 e. The molecule has 0 N–H and O–H groups in total. The Morgan fingerprint density at radius 1 is 1.05 bits per heavy atom. The fourth-order valence-electron chi connectivity index (χ4n) is 2.65. The lowest BCUT2D eigenvalue weighted by molar-refractivity contribution is -0.123. The van der Waals surface area contributed by atoms with Gasteiger partial charge in [0.2, 0.25) is 0 Å². The van der Waals surface area contributed by atoms with Crippen molar-refractivity contribution in [1.82, 2.24) is 0 Å². The third-order valence-corrected chi connectivity index (χ3v) is 3.76. The molecule has 0 unspecified atom stereocenters. The highest BCUT2D eigenvalue weighted by Crippen LogP contribution is 2.26. The smallest absolute Gasteiger partial charge is 0.194 e. The fraction of sp³-hybridized carbons (Fsp3) is 0.533. The summed E-state index contributed by atoms with van der Waals surface area (Å²) in [5, 5.41) is 0. The Morgan fingerprint density at radius 2 is 1.63 bits per heavy atom. The molecule has 0 aliphatic heterocycles. The minimum absolute atomic E-state index is 0.101. The van der Waals surface area contributed by atoms with Crippen molar-refractivity contribution in [2.75, 3.05) is 0 Å². The van der Waals surface area contributed by atoms with Crippen molar-refractivity contribution in [3.63, 3.8) is 0 Å². The minimum Gasteiger partial charge on any atom is -0.299 e. The predicted molar refractivity (Wildman–Crippen MR) is 66.2 cm³/mol. The van der Waals surface area contributed by atoms with Crippen LogP contribution in [0.25, 0.3) is 0 Å². The molecule has 0 bridgehead atoms. The van der Waals surface area contributed by atoms with Crippen LogP contribution in [0.1, 0.15) is 44.1 Å². The molecule has 1 aliphatic carbocycles. The second kappa shape index (κ2) is 6.22. The van der Waals surface area contributed by atoms with Crippen LogP contribution in [0.5, 0.6) is 0 Å². The van der Waals surface area contributed by atoms with E-state index in [1.807, 2.05) is 0 Å². The molecule has 1 saturated carbocycles. The SMILES string of the molecule is O=C(CCc1cc(F)c(F)c(F)c1)C1CCCCC1.